The molecule has 1 fully saturated rings. The summed E-state index contributed by atoms with van der Waals surface area (Å²) in [6, 6.07) is 7.96. The van der Waals surface area contributed by atoms with Crippen molar-refractivity contribution in [2.45, 2.75) is 33.1 Å². The number of aliphatic carboxylic acids is 1. The number of hydrogen-bond donors (Lipinski definition) is 2. The van der Waals surface area contributed by atoms with Gasteiger partial charge in [-0.05, 0) is 50.0 Å². The molecule has 2 N–H and O–H groups in total. The highest BCUT2D eigenvalue weighted by atomic mass is 16.4. The summed E-state index contributed by atoms with van der Waals surface area (Å²) in [5.74, 6) is -0.832. The lowest BCUT2D eigenvalue weighted by Crippen LogP contribution is -2.37. The Labute approximate surface area is 137 Å². The smallest absolute Gasteiger partial charge is 0.306 e. The highest BCUT2D eigenvalue weighted by molar-refractivity contribution is 5.92. The molecule has 1 heterocycles. The SMILES string of the molecule is CC(C)C(=O)Nc1ccc(CCN2CCC(C(=O)O)CC2)cc1. The summed E-state index contributed by atoms with van der Waals surface area (Å²) in [5, 5.41) is 11.9. The van der Waals surface area contributed by atoms with Gasteiger partial charge in [0.25, 0.3) is 0 Å². The molecule has 1 aromatic carbocycles. The van der Waals surface area contributed by atoms with Gasteiger partial charge in [-0.3, -0.25) is 9.59 Å². The number of benzene rings is 1. The molecular weight excluding hydrogens is 292 g/mol. The summed E-state index contributed by atoms with van der Waals surface area (Å²) in [5.41, 5.74) is 2.06. The summed E-state index contributed by atoms with van der Waals surface area (Å²) < 4.78 is 0. The minimum atomic E-state index is -0.663. The van der Waals surface area contributed by atoms with Gasteiger partial charge in [0.1, 0.15) is 0 Å². The first kappa shape index (κ1) is 17.5. The number of likely N-dealkylation sites (tertiary alicyclic amines) is 1. The van der Waals surface area contributed by atoms with Crippen molar-refractivity contribution in [3.63, 3.8) is 0 Å². The van der Waals surface area contributed by atoms with Crippen molar-refractivity contribution in [3.05, 3.63) is 29.8 Å². The Morgan fingerprint density at radius 3 is 2.35 bits per heavy atom. The quantitative estimate of drug-likeness (QED) is 0.846. The average molecular weight is 318 g/mol. The zero-order chi connectivity index (χ0) is 16.8. The molecule has 5 nitrogen and oxygen atoms in total. The molecule has 0 unspecified atom stereocenters. The molecule has 0 atom stereocenters. The van der Waals surface area contributed by atoms with E-state index in [1.54, 1.807) is 0 Å². The second kappa shape index (κ2) is 8.11. The molecule has 1 aliphatic rings. The molecule has 126 valence electrons. The normalized spacial score (nSPS) is 16.5. The van der Waals surface area contributed by atoms with E-state index in [1.807, 2.05) is 38.1 Å². The van der Waals surface area contributed by atoms with Gasteiger partial charge in [-0.2, -0.15) is 0 Å². The molecule has 0 radical (unpaired) electrons. The van der Waals surface area contributed by atoms with Crippen molar-refractivity contribution in [2.24, 2.45) is 11.8 Å². The predicted octanol–water partition coefficient (Wildman–Crippen LogP) is 2.62. The molecular formula is C18H26N2O3. The van der Waals surface area contributed by atoms with Gasteiger partial charge < -0.3 is 15.3 Å². The van der Waals surface area contributed by atoms with E-state index in [2.05, 4.69) is 10.2 Å². The Morgan fingerprint density at radius 2 is 1.83 bits per heavy atom. The van der Waals surface area contributed by atoms with Crippen LogP contribution in [0.4, 0.5) is 5.69 Å². The second-order valence-corrected chi connectivity index (χ2v) is 6.55. The van der Waals surface area contributed by atoms with Crippen LogP contribution in [0.1, 0.15) is 32.3 Å². The first-order chi connectivity index (χ1) is 11.0. The van der Waals surface area contributed by atoms with Crippen LogP contribution < -0.4 is 5.32 Å². The number of nitrogens with one attached hydrogen (secondary N) is 1. The summed E-state index contributed by atoms with van der Waals surface area (Å²) in [4.78, 5) is 24.9. The van der Waals surface area contributed by atoms with Gasteiger partial charge in [-0.25, -0.2) is 0 Å². The summed E-state index contributed by atoms with van der Waals surface area (Å²) in [7, 11) is 0. The van der Waals surface area contributed by atoms with Crippen LogP contribution in [-0.2, 0) is 16.0 Å². The second-order valence-electron chi connectivity index (χ2n) is 6.55. The molecule has 0 spiro atoms. The third-order valence-electron chi connectivity index (χ3n) is 4.40. The minimum absolute atomic E-state index is 0.0246. The van der Waals surface area contributed by atoms with Gasteiger partial charge in [-0.1, -0.05) is 26.0 Å². The lowest BCUT2D eigenvalue weighted by molar-refractivity contribution is -0.143. The monoisotopic (exact) mass is 318 g/mol. The number of carboxylic acids is 1. The van der Waals surface area contributed by atoms with E-state index in [9.17, 15) is 9.59 Å². The minimum Gasteiger partial charge on any atom is -0.481 e. The van der Waals surface area contributed by atoms with E-state index in [4.69, 9.17) is 5.11 Å². The van der Waals surface area contributed by atoms with Crippen molar-refractivity contribution in [1.82, 2.24) is 4.90 Å². The Morgan fingerprint density at radius 1 is 1.22 bits per heavy atom. The standard InChI is InChI=1S/C18H26N2O3/c1-13(2)17(21)19-16-5-3-14(4-6-16)7-10-20-11-8-15(9-12-20)18(22)23/h3-6,13,15H,7-12H2,1-2H3,(H,19,21)(H,22,23). The van der Waals surface area contributed by atoms with Crippen LogP contribution in [0.5, 0.6) is 0 Å². The van der Waals surface area contributed by atoms with Crippen molar-refractivity contribution < 1.29 is 14.7 Å². The number of carboxylic acid groups (broad SMARTS) is 1. The fourth-order valence-electron chi connectivity index (χ4n) is 2.73. The lowest BCUT2D eigenvalue weighted by atomic mass is 9.97. The highest BCUT2D eigenvalue weighted by Gasteiger charge is 2.23. The molecule has 1 aromatic rings. The maximum Gasteiger partial charge on any atom is 0.306 e. The van der Waals surface area contributed by atoms with Crippen molar-refractivity contribution in [1.29, 1.82) is 0 Å². The summed E-state index contributed by atoms with van der Waals surface area (Å²) >= 11 is 0. The Hall–Kier alpha value is -1.88. The van der Waals surface area contributed by atoms with Gasteiger partial charge in [0.2, 0.25) is 5.91 Å². The number of hydrogen-bond acceptors (Lipinski definition) is 3. The van der Waals surface area contributed by atoms with E-state index in [0.29, 0.717) is 0 Å². The Balaban J connectivity index is 1.76. The fourth-order valence-corrected chi connectivity index (χ4v) is 2.73. The molecule has 23 heavy (non-hydrogen) atoms. The number of amides is 1. The van der Waals surface area contributed by atoms with Crippen LogP contribution in [0, 0.1) is 11.8 Å². The molecule has 0 aromatic heterocycles. The summed E-state index contributed by atoms with van der Waals surface area (Å²) in [6.07, 6.45) is 2.43. The molecule has 0 bridgehead atoms. The van der Waals surface area contributed by atoms with Crippen molar-refractivity contribution in [3.8, 4) is 0 Å². The third kappa shape index (κ3) is 5.36. The van der Waals surface area contributed by atoms with Crippen LogP contribution in [0.2, 0.25) is 0 Å². The Kier molecular flexibility index (Phi) is 6.16. The van der Waals surface area contributed by atoms with Crippen molar-refractivity contribution in [2.75, 3.05) is 25.0 Å². The lowest BCUT2D eigenvalue weighted by Gasteiger charge is -2.29. The number of anilines is 1. The van der Waals surface area contributed by atoms with Gasteiger partial charge in [0, 0.05) is 18.2 Å². The van der Waals surface area contributed by atoms with Gasteiger partial charge in [0.15, 0.2) is 0 Å². The number of carbonyl (C=O) groups excluding carboxylic acids is 1. The molecule has 1 aliphatic heterocycles. The van der Waals surface area contributed by atoms with E-state index < -0.39 is 5.97 Å². The van der Waals surface area contributed by atoms with Gasteiger partial charge in [-0.15, -0.1) is 0 Å². The maximum absolute atomic E-state index is 11.6. The molecule has 0 aliphatic carbocycles. The average Bonchev–Trinajstić information content (AvgIpc) is 2.54. The van der Waals surface area contributed by atoms with Gasteiger partial charge in [0.05, 0.1) is 5.92 Å². The topological polar surface area (TPSA) is 69.6 Å². The number of nitrogens with zero attached hydrogens (tertiary/aromatic N) is 1. The number of rotatable bonds is 6. The van der Waals surface area contributed by atoms with Gasteiger partial charge >= 0.3 is 5.97 Å². The fraction of sp³-hybridized carbons (Fsp3) is 0.556. The molecule has 5 heteroatoms. The summed E-state index contributed by atoms with van der Waals surface area (Å²) in [6.45, 7) is 6.41. The largest absolute Gasteiger partial charge is 0.481 e. The number of piperidine rings is 1. The van der Waals surface area contributed by atoms with Crippen LogP contribution in [0.25, 0.3) is 0 Å². The van der Waals surface area contributed by atoms with Crippen LogP contribution in [0.15, 0.2) is 24.3 Å². The van der Waals surface area contributed by atoms with Crippen LogP contribution in [-0.4, -0.2) is 41.5 Å². The molecule has 0 saturated carbocycles. The zero-order valence-corrected chi connectivity index (χ0v) is 13.9. The molecule has 1 saturated heterocycles. The first-order valence-corrected chi connectivity index (χ1v) is 8.30. The molecule has 2 rings (SSSR count). The molecule has 1 amide bonds. The first-order valence-electron chi connectivity index (χ1n) is 8.30. The number of carbonyl (C=O) groups is 2. The van der Waals surface area contributed by atoms with E-state index >= 15 is 0 Å². The maximum atomic E-state index is 11.6. The third-order valence-corrected chi connectivity index (χ3v) is 4.40. The predicted molar refractivity (Wildman–Crippen MR) is 90.4 cm³/mol. The van der Waals surface area contributed by atoms with Crippen LogP contribution in [0.3, 0.4) is 0 Å². The van der Waals surface area contributed by atoms with E-state index in [-0.39, 0.29) is 17.7 Å². The van der Waals surface area contributed by atoms with E-state index in [1.165, 1.54) is 5.56 Å². The van der Waals surface area contributed by atoms with E-state index in [0.717, 1.165) is 44.6 Å². The zero-order valence-electron chi connectivity index (χ0n) is 13.9. The van der Waals surface area contributed by atoms with Crippen molar-refractivity contribution >= 4 is 17.6 Å². The Bertz CT molecular complexity index is 532. The van der Waals surface area contributed by atoms with Crippen LogP contribution >= 0.6 is 0 Å². The highest BCUT2D eigenvalue weighted by Crippen LogP contribution is 2.18.